The van der Waals surface area contributed by atoms with Gasteiger partial charge in [0.1, 0.15) is 5.60 Å². The van der Waals surface area contributed by atoms with E-state index in [1.165, 1.54) is 27.6 Å². The Hall–Kier alpha value is -2.65. The van der Waals surface area contributed by atoms with E-state index in [1.807, 2.05) is 13.8 Å². The lowest BCUT2D eigenvalue weighted by atomic mass is 9.93. The zero-order valence-corrected chi connectivity index (χ0v) is 17.6. The molecule has 0 fully saturated rings. The number of benzene rings is 3. The molecule has 0 N–H and O–H groups in total. The van der Waals surface area contributed by atoms with Crippen LogP contribution in [0.3, 0.4) is 0 Å². The van der Waals surface area contributed by atoms with Crippen LogP contribution in [0.1, 0.15) is 51.7 Å². The van der Waals surface area contributed by atoms with Gasteiger partial charge in [-0.15, -0.1) is 0 Å². The van der Waals surface area contributed by atoms with Crippen molar-refractivity contribution in [2.75, 3.05) is 6.61 Å². The predicted molar refractivity (Wildman–Crippen MR) is 120 cm³/mol. The Labute approximate surface area is 173 Å². The molecule has 0 heterocycles. The fourth-order valence-corrected chi connectivity index (χ4v) is 3.84. The molecule has 3 aromatic carbocycles. The van der Waals surface area contributed by atoms with Crippen molar-refractivity contribution in [3.8, 4) is 0 Å². The predicted octanol–water partition coefficient (Wildman–Crippen LogP) is 6.75. The van der Waals surface area contributed by atoms with Crippen molar-refractivity contribution in [1.82, 2.24) is 0 Å². The molecule has 0 bridgehead atoms. The summed E-state index contributed by atoms with van der Waals surface area (Å²) in [5.41, 5.74) is 0.653. The van der Waals surface area contributed by atoms with Crippen molar-refractivity contribution < 1.29 is 14.3 Å². The highest BCUT2D eigenvalue weighted by molar-refractivity contribution is 6.07. The number of rotatable bonds is 9. The molecule has 0 radical (unpaired) electrons. The summed E-state index contributed by atoms with van der Waals surface area (Å²) >= 11 is 0. The van der Waals surface area contributed by atoms with Crippen LogP contribution < -0.4 is 0 Å². The summed E-state index contributed by atoms with van der Waals surface area (Å²) in [7, 11) is 0. The van der Waals surface area contributed by atoms with Gasteiger partial charge in [0.25, 0.3) is 0 Å². The molecule has 152 valence electrons. The van der Waals surface area contributed by atoms with Crippen LogP contribution in [0.4, 0.5) is 0 Å². The van der Waals surface area contributed by atoms with Gasteiger partial charge in [-0.1, -0.05) is 69.0 Å². The van der Waals surface area contributed by atoms with Crippen LogP contribution in [0.5, 0.6) is 0 Å². The molecular weight excluding hydrogens is 360 g/mol. The van der Waals surface area contributed by atoms with Gasteiger partial charge in [-0.3, -0.25) is 0 Å². The second kappa shape index (κ2) is 9.23. The Morgan fingerprint density at radius 3 is 2.38 bits per heavy atom. The van der Waals surface area contributed by atoms with Gasteiger partial charge >= 0.3 is 5.97 Å². The molecule has 3 aromatic rings. The summed E-state index contributed by atoms with van der Waals surface area (Å²) in [4.78, 5) is 11.7. The highest BCUT2D eigenvalue weighted by Gasteiger charge is 2.30. The van der Waals surface area contributed by atoms with E-state index >= 15 is 0 Å². The van der Waals surface area contributed by atoms with E-state index in [9.17, 15) is 4.79 Å². The zero-order valence-electron chi connectivity index (χ0n) is 17.6. The third kappa shape index (κ3) is 4.68. The fraction of sp³-hybridized carbons (Fsp3) is 0.346. The van der Waals surface area contributed by atoms with Gasteiger partial charge in [-0.05, 0) is 52.9 Å². The number of hydrogen-bond acceptors (Lipinski definition) is 3. The van der Waals surface area contributed by atoms with E-state index in [1.54, 1.807) is 0 Å². The lowest BCUT2D eigenvalue weighted by molar-refractivity contribution is -0.157. The second-order valence-corrected chi connectivity index (χ2v) is 7.55. The molecule has 29 heavy (non-hydrogen) atoms. The van der Waals surface area contributed by atoms with E-state index in [0.29, 0.717) is 13.0 Å². The van der Waals surface area contributed by atoms with Crippen molar-refractivity contribution in [1.29, 1.82) is 0 Å². The molecule has 0 aliphatic heterocycles. The molecule has 0 saturated heterocycles. The molecular formula is C26H30O3. The summed E-state index contributed by atoms with van der Waals surface area (Å²) < 4.78 is 11.8. The molecule has 3 nitrogen and oxygen atoms in total. The van der Waals surface area contributed by atoms with Gasteiger partial charge in [0.2, 0.25) is 0 Å². The summed E-state index contributed by atoms with van der Waals surface area (Å²) in [6.45, 7) is 10.2. The maximum absolute atomic E-state index is 11.7. The Morgan fingerprint density at radius 1 is 1.03 bits per heavy atom. The Balaban J connectivity index is 1.74. The van der Waals surface area contributed by atoms with Crippen LogP contribution in [0, 0.1) is 0 Å². The van der Waals surface area contributed by atoms with E-state index in [4.69, 9.17) is 9.47 Å². The third-order valence-corrected chi connectivity index (χ3v) is 5.94. The largest absolute Gasteiger partial charge is 0.456 e. The smallest absolute Gasteiger partial charge is 0.330 e. The first-order chi connectivity index (χ1) is 14.0. The van der Waals surface area contributed by atoms with Crippen LogP contribution in [-0.2, 0) is 14.3 Å². The van der Waals surface area contributed by atoms with E-state index < -0.39 is 5.60 Å². The fourth-order valence-electron chi connectivity index (χ4n) is 3.84. The van der Waals surface area contributed by atoms with Crippen molar-refractivity contribution in [2.24, 2.45) is 0 Å². The number of carbonyl (C=O) groups is 1. The van der Waals surface area contributed by atoms with Gasteiger partial charge in [0.05, 0.1) is 12.7 Å². The molecule has 3 heteroatoms. The summed E-state index contributed by atoms with van der Waals surface area (Å²) in [6, 6.07) is 19.3. The molecule has 0 spiro atoms. The molecule has 0 aliphatic rings. The van der Waals surface area contributed by atoms with Crippen LogP contribution in [0.15, 0.2) is 67.3 Å². The number of esters is 1. The highest BCUT2D eigenvalue weighted by atomic mass is 16.6. The first kappa shape index (κ1) is 21.1. The van der Waals surface area contributed by atoms with Crippen molar-refractivity contribution >= 4 is 27.5 Å². The van der Waals surface area contributed by atoms with Crippen LogP contribution >= 0.6 is 0 Å². The van der Waals surface area contributed by atoms with Crippen LogP contribution in [-0.4, -0.2) is 18.2 Å². The highest BCUT2D eigenvalue weighted by Crippen LogP contribution is 2.30. The molecule has 1 unspecified atom stereocenters. The van der Waals surface area contributed by atoms with Crippen molar-refractivity contribution in [2.45, 2.75) is 51.7 Å². The molecule has 0 aliphatic carbocycles. The second-order valence-electron chi connectivity index (χ2n) is 7.55. The maximum Gasteiger partial charge on any atom is 0.330 e. The number of fused-ring (bicyclic) bond motifs is 3. The monoisotopic (exact) mass is 390 g/mol. The Bertz CT molecular complexity index is 1000. The van der Waals surface area contributed by atoms with Gasteiger partial charge in [0, 0.05) is 12.5 Å². The van der Waals surface area contributed by atoms with Gasteiger partial charge in [-0.25, -0.2) is 4.79 Å². The van der Waals surface area contributed by atoms with Gasteiger partial charge in [0.15, 0.2) is 0 Å². The molecule has 0 aromatic heterocycles. The summed E-state index contributed by atoms with van der Waals surface area (Å²) in [5.74, 6) is -0.372. The van der Waals surface area contributed by atoms with Gasteiger partial charge in [-0.2, -0.15) is 0 Å². The lowest BCUT2D eigenvalue weighted by Crippen LogP contribution is -2.34. The first-order valence-corrected chi connectivity index (χ1v) is 10.4. The molecule has 3 rings (SSSR count). The van der Waals surface area contributed by atoms with Crippen LogP contribution in [0.2, 0.25) is 0 Å². The molecule has 0 saturated carbocycles. The number of ether oxygens (including phenoxy) is 2. The summed E-state index contributed by atoms with van der Waals surface area (Å²) in [6.07, 6.45) is 3.36. The first-order valence-electron chi connectivity index (χ1n) is 10.4. The summed E-state index contributed by atoms with van der Waals surface area (Å²) in [5, 5.41) is 4.97. The van der Waals surface area contributed by atoms with Crippen molar-refractivity contribution in [3.05, 3.63) is 72.8 Å². The quantitative estimate of drug-likeness (QED) is 0.230. The van der Waals surface area contributed by atoms with E-state index in [2.05, 4.69) is 68.1 Å². The standard InChI is InChI=1S/C26H30O3/c1-5-25(27)29-26(6-2,7-3)16-17-28-19(4)22-15-14-21-13-12-20-10-8-9-11-23(20)24(21)18-22/h5,8-15,18-19H,1,6-7,16-17H2,2-4H3. The maximum atomic E-state index is 11.7. The normalized spacial score (nSPS) is 12.8. The van der Waals surface area contributed by atoms with E-state index in [-0.39, 0.29) is 12.1 Å². The minimum atomic E-state index is -0.495. The number of hydrogen-bond donors (Lipinski definition) is 0. The zero-order chi connectivity index (χ0) is 20.9. The average molecular weight is 391 g/mol. The molecule has 0 amide bonds. The lowest BCUT2D eigenvalue weighted by Gasteiger charge is -2.31. The van der Waals surface area contributed by atoms with Crippen LogP contribution in [0.25, 0.3) is 21.5 Å². The average Bonchev–Trinajstić information content (AvgIpc) is 2.77. The molecule has 1 atom stereocenters. The third-order valence-electron chi connectivity index (χ3n) is 5.94. The minimum Gasteiger partial charge on any atom is -0.456 e. The Morgan fingerprint density at radius 2 is 1.69 bits per heavy atom. The number of carbonyl (C=O) groups excluding carboxylic acids is 1. The van der Waals surface area contributed by atoms with Crippen molar-refractivity contribution in [3.63, 3.8) is 0 Å². The Kier molecular flexibility index (Phi) is 6.71. The topological polar surface area (TPSA) is 35.5 Å². The van der Waals surface area contributed by atoms with E-state index in [0.717, 1.165) is 18.4 Å². The van der Waals surface area contributed by atoms with Gasteiger partial charge < -0.3 is 9.47 Å². The SMILES string of the molecule is C=CC(=O)OC(CC)(CC)CCOC(C)c1ccc2ccc3ccccc3c2c1. The minimum absolute atomic E-state index is 0.0418.